The zero-order chi connectivity index (χ0) is 15.2. The molecule has 112 valence electrons. The molecule has 0 aliphatic carbocycles. The Morgan fingerprint density at radius 2 is 1.95 bits per heavy atom. The molecular formula is C13H17F3N2O2. The van der Waals surface area contributed by atoms with Gasteiger partial charge < -0.3 is 15.8 Å². The number of ether oxygens (including phenoxy) is 1. The number of nitrogens with two attached hydrogens (primary N) is 1. The molecule has 1 atom stereocenters. The van der Waals surface area contributed by atoms with Crippen molar-refractivity contribution in [1.29, 1.82) is 0 Å². The average Bonchev–Trinajstić information content (AvgIpc) is 2.41. The largest absolute Gasteiger partial charge is 0.484 e. The number of hydrogen-bond acceptors (Lipinski definition) is 3. The topological polar surface area (TPSA) is 64.4 Å². The fraction of sp³-hybridized carbons (Fsp3) is 0.462. The van der Waals surface area contributed by atoms with Gasteiger partial charge in [0.05, 0.1) is 0 Å². The minimum atomic E-state index is -4.36. The number of carbonyl (C=O) groups is 1. The van der Waals surface area contributed by atoms with E-state index < -0.39 is 12.8 Å². The van der Waals surface area contributed by atoms with Gasteiger partial charge in [-0.05, 0) is 17.7 Å². The number of amides is 1. The van der Waals surface area contributed by atoms with Crippen LogP contribution in [0.5, 0.6) is 5.75 Å². The molecule has 0 spiro atoms. The summed E-state index contributed by atoms with van der Waals surface area (Å²) in [4.78, 5) is 11.5. The summed E-state index contributed by atoms with van der Waals surface area (Å²) in [5.74, 6) is -0.304. The summed E-state index contributed by atoms with van der Waals surface area (Å²) in [5, 5.41) is 2.69. The van der Waals surface area contributed by atoms with E-state index in [-0.39, 0.29) is 24.1 Å². The normalized spacial score (nSPS) is 12.8. The predicted molar refractivity (Wildman–Crippen MR) is 68.1 cm³/mol. The molecule has 0 heterocycles. The van der Waals surface area contributed by atoms with Crippen LogP contribution in [0.1, 0.15) is 12.5 Å². The molecule has 0 aliphatic rings. The number of nitrogens with one attached hydrogen (secondary N) is 1. The van der Waals surface area contributed by atoms with E-state index in [9.17, 15) is 18.0 Å². The Labute approximate surface area is 115 Å². The highest BCUT2D eigenvalue weighted by molar-refractivity contribution is 5.78. The first-order valence-electron chi connectivity index (χ1n) is 6.08. The molecule has 0 aromatic heterocycles. The van der Waals surface area contributed by atoms with Crippen LogP contribution < -0.4 is 15.8 Å². The molecule has 7 heteroatoms. The number of benzene rings is 1. The van der Waals surface area contributed by atoms with E-state index in [1.165, 1.54) is 12.1 Å². The quantitative estimate of drug-likeness (QED) is 0.840. The molecule has 1 unspecified atom stereocenters. The average molecular weight is 290 g/mol. The van der Waals surface area contributed by atoms with Gasteiger partial charge in [0.1, 0.15) is 5.75 Å². The standard InChI is InChI=1S/C13H17F3N2O2/c1-9(6-17)12(19)18-7-10-2-4-11(5-3-10)20-8-13(14,15)16/h2-5,9H,6-8,17H2,1H3,(H,18,19). The Balaban J connectivity index is 2.45. The molecule has 0 saturated carbocycles. The summed E-state index contributed by atoms with van der Waals surface area (Å²) < 4.78 is 40.4. The summed E-state index contributed by atoms with van der Waals surface area (Å²) in [5.41, 5.74) is 6.13. The van der Waals surface area contributed by atoms with Gasteiger partial charge in [-0.2, -0.15) is 13.2 Å². The van der Waals surface area contributed by atoms with Crippen LogP contribution in [0.4, 0.5) is 13.2 Å². The van der Waals surface area contributed by atoms with Gasteiger partial charge in [0.15, 0.2) is 6.61 Å². The van der Waals surface area contributed by atoms with Crippen molar-refractivity contribution >= 4 is 5.91 Å². The van der Waals surface area contributed by atoms with Crippen LogP contribution >= 0.6 is 0 Å². The van der Waals surface area contributed by atoms with Gasteiger partial charge in [-0.25, -0.2) is 0 Å². The lowest BCUT2D eigenvalue weighted by Crippen LogP contribution is -2.32. The minimum Gasteiger partial charge on any atom is -0.484 e. The third kappa shape index (κ3) is 5.92. The van der Waals surface area contributed by atoms with E-state index in [1.54, 1.807) is 19.1 Å². The van der Waals surface area contributed by atoms with E-state index >= 15 is 0 Å². The van der Waals surface area contributed by atoms with Crippen molar-refractivity contribution in [3.05, 3.63) is 29.8 Å². The third-order valence-corrected chi connectivity index (χ3v) is 2.59. The van der Waals surface area contributed by atoms with Crippen molar-refractivity contribution < 1.29 is 22.7 Å². The molecule has 0 aliphatic heterocycles. The van der Waals surface area contributed by atoms with Gasteiger partial charge in [-0.15, -0.1) is 0 Å². The lowest BCUT2D eigenvalue weighted by atomic mass is 10.1. The van der Waals surface area contributed by atoms with Crippen molar-refractivity contribution in [2.24, 2.45) is 11.7 Å². The molecule has 0 fully saturated rings. The van der Waals surface area contributed by atoms with E-state index in [1.807, 2.05) is 0 Å². The van der Waals surface area contributed by atoms with Crippen LogP contribution in [0.25, 0.3) is 0 Å². The lowest BCUT2D eigenvalue weighted by molar-refractivity contribution is -0.153. The van der Waals surface area contributed by atoms with Crippen LogP contribution in [-0.2, 0) is 11.3 Å². The van der Waals surface area contributed by atoms with E-state index in [0.29, 0.717) is 6.54 Å². The molecule has 0 bridgehead atoms. The van der Waals surface area contributed by atoms with E-state index in [2.05, 4.69) is 10.1 Å². The maximum Gasteiger partial charge on any atom is 0.422 e. The number of halogens is 3. The zero-order valence-electron chi connectivity index (χ0n) is 11.0. The molecule has 1 aromatic rings. The summed E-state index contributed by atoms with van der Waals surface area (Å²) in [7, 11) is 0. The first-order chi connectivity index (χ1) is 9.31. The number of alkyl halides is 3. The molecule has 3 N–H and O–H groups in total. The zero-order valence-corrected chi connectivity index (χ0v) is 11.0. The first kappa shape index (κ1) is 16.3. The van der Waals surface area contributed by atoms with Crippen LogP contribution in [0.3, 0.4) is 0 Å². The molecule has 1 aromatic carbocycles. The highest BCUT2D eigenvalue weighted by atomic mass is 19.4. The predicted octanol–water partition coefficient (Wildman–Crippen LogP) is 1.84. The first-order valence-corrected chi connectivity index (χ1v) is 6.08. The Kier molecular flexibility index (Phi) is 5.82. The summed E-state index contributed by atoms with van der Waals surface area (Å²) in [6.07, 6.45) is -4.36. The number of carbonyl (C=O) groups excluding carboxylic acids is 1. The van der Waals surface area contributed by atoms with Crippen molar-refractivity contribution in [3.63, 3.8) is 0 Å². The molecule has 0 saturated heterocycles. The van der Waals surface area contributed by atoms with Gasteiger partial charge in [-0.1, -0.05) is 19.1 Å². The van der Waals surface area contributed by atoms with Gasteiger partial charge in [-0.3, -0.25) is 4.79 Å². The minimum absolute atomic E-state index is 0.132. The smallest absolute Gasteiger partial charge is 0.422 e. The Hall–Kier alpha value is -1.76. The van der Waals surface area contributed by atoms with Crippen LogP contribution in [-0.4, -0.2) is 25.2 Å². The van der Waals surface area contributed by atoms with Crippen LogP contribution in [0, 0.1) is 5.92 Å². The fourth-order valence-corrected chi connectivity index (χ4v) is 1.34. The second-order valence-corrected chi connectivity index (χ2v) is 4.40. The SMILES string of the molecule is CC(CN)C(=O)NCc1ccc(OCC(F)(F)F)cc1. The summed E-state index contributed by atoms with van der Waals surface area (Å²) >= 11 is 0. The van der Waals surface area contributed by atoms with Gasteiger partial charge >= 0.3 is 6.18 Å². The summed E-state index contributed by atoms with van der Waals surface area (Å²) in [6.45, 7) is 0.944. The van der Waals surface area contributed by atoms with Crippen molar-refractivity contribution in [3.8, 4) is 5.75 Å². The number of hydrogen-bond donors (Lipinski definition) is 2. The highest BCUT2D eigenvalue weighted by Gasteiger charge is 2.28. The Morgan fingerprint density at radius 3 is 2.45 bits per heavy atom. The maximum absolute atomic E-state index is 12.0. The maximum atomic E-state index is 12.0. The molecular weight excluding hydrogens is 273 g/mol. The second-order valence-electron chi connectivity index (χ2n) is 4.40. The van der Waals surface area contributed by atoms with Crippen LogP contribution in [0.15, 0.2) is 24.3 Å². The highest BCUT2D eigenvalue weighted by Crippen LogP contribution is 2.18. The molecule has 4 nitrogen and oxygen atoms in total. The van der Waals surface area contributed by atoms with Gasteiger partial charge in [0, 0.05) is 19.0 Å². The van der Waals surface area contributed by atoms with Gasteiger partial charge in [0.2, 0.25) is 5.91 Å². The monoisotopic (exact) mass is 290 g/mol. The van der Waals surface area contributed by atoms with Crippen molar-refractivity contribution in [1.82, 2.24) is 5.32 Å². The van der Waals surface area contributed by atoms with E-state index in [4.69, 9.17) is 5.73 Å². The molecule has 1 rings (SSSR count). The van der Waals surface area contributed by atoms with E-state index in [0.717, 1.165) is 5.56 Å². The Morgan fingerprint density at radius 1 is 1.35 bits per heavy atom. The van der Waals surface area contributed by atoms with Gasteiger partial charge in [0.25, 0.3) is 0 Å². The molecule has 20 heavy (non-hydrogen) atoms. The fourth-order valence-electron chi connectivity index (χ4n) is 1.34. The lowest BCUT2D eigenvalue weighted by Gasteiger charge is -2.11. The Bertz CT molecular complexity index is 432. The second kappa shape index (κ2) is 7.14. The van der Waals surface area contributed by atoms with Crippen LogP contribution in [0.2, 0.25) is 0 Å². The van der Waals surface area contributed by atoms with Crippen molar-refractivity contribution in [2.75, 3.05) is 13.2 Å². The molecule has 0 radical (unpaired) electrons. The summed E-state index contributed by atoms with van der Waals surface area (Å²) in [6, 6.07) is 6.05. The molecule has 1 amide bonds. The third-order valence-electron chi connectivity index (χ3n) is 2.59. The van der Waals surface area contributed by atoms with Crippen molar-refractivity contribution in [2.45, 2.75) is 19.6 Å². The number of rotatable bonds is 6.